The zero-order valence-corrected chi connectivity index (χ0v) is 31.2. The maximum absolute atomic E-state index is 13.0. The van der Waals surface area contributed by atoms with Crippen molar-refractivity contribution in [3.05, 3.63) is 55.8 Å². The van der Waals surface area contributed by atoms with Gasteiger partial charge >= 0.3 is 5.97 Å². The van der Waals surface area contributed by atoms with E-state index in [0.29, 0.717) is 49.8 Å². The van der Waals surface area contributed by atoms with Crippen molar-refractivity contribution in [2.75, 3.05) is 31.1 Å². The number of halogens is 3. The number of rotatable bonds is 13. The van der Waals surface area contributed by atoms with E-state index in [2.05, 4.69) is 46.5 Å². The highest BCUT2D eigenvalue weighted by Gasteiger charge is 2.32. The van der Waals surface area contributed by atoms with Crippen molar-refractivity contribution in [3.8, 4) is 0 Å². The van der Waals surface area contributed by atoms with Crippen molar-refractivity contribution in [2.24, 2.45) is 11.8 Å². The third-order valence-corrected chi connectivity index (χ3v) is 15.5. The Labute approximate surface area is 295 Å². The highest BCUT2D eigenvalue weighted by atomic mass is 79.9. The van der Waals surface area contributed by atoms with Crippen LogP contribution in [0.25, 0.3) is 0 Å². The van der Waals surface area contributed by atoms with Gasteiger partial charge in [-0.25, -0.2) is 21.8 Å². The third kappa shape index (κ3) is 8.73. The van der Waals surface area contributed by atoms with Crippen LogP contribution < -0.4 is 9.62 Å². The van der Waals surface area contributed by atoms with E-state index < -0.39 is 32.1 Å². The van der Waals surface area contributed by atoms with E-state index in [0.717, 1.165) is 69.4 Å². The highest BCUT2D eigenvalue weighted by Crippen LogP contribution is 2.37. The molecule has 2 aliphatic rings. The van der Waals surface area contributed by atoms with Gasteiger partial charge in [-0.1, -0.05) is 30.9 Å². The van der Waals surface area contributed by atoms with Crippen LogP contribution in [0.1, 0.15) is 50.7 Å². The Morgan fingerprint density at radius 1 is 1.07 bits per heavy atom. The van der Waals surface area contributed by atoms with Crippen LogP contribution in [0.5, 0.6) is 0 Å². The molecule has 2 saturated heterocycles. The topological polar surface area (TPSA) is 150 Å². The number of carboxylic acids is 1. The van der Waals surface area contributed by atoms with Crippen LogP contribution >= 0.6 is 54.8 Å². The normalized spacial score (nSPS) is 18.2. The van der Waals surface area contributed by atoms with Gasteiger partial charge in [-0.3, -0.25) is 4.79 Å². The number of nitrogens with zero attached hydrogens (tertiary/aromatic N) is 3. The molecule has 0 aromatic carbocycles. The molecule has 1 atom stereocenters. The average molecular weight is 843 g/mol. The van der Waals surface area contributed by atoms with Crippen molar-refractivity contribution in [3.63, 3.8) is 0 Å². The second kappa shape index (κ2) is 15.3. The first-order valence-corrected chi connectivity index (χ1v) is 20.7. The van der Waals surface area contributed by atoms with Gasteiger partial charge in [-0.15, -0.1) is 11.3 Å². The molecular formula is C29H35Br2ClN4O7S3. The predicted octanol–water partition coefficient (Wildman–Crippen LogP) is 6.38. The van der Waals surface area contributed by atoms with Crippen LogP contribution in [-0.2, 0) is 31.3 Å². The quantitative estimate of drug-likeness (QED) is 0.200. The van der Waals surface area contributed by atoms with E-state index in [-0.39, 0.29) is 15.5 Å². The molecule has 0 saturated carbocycles. The molecule has 0 amide bonds. The molecule has 2 N–H and O–H groups in total. The molecule has 17 heteroatoms. The van der Waals surface area contributed by atoms with Crippen LogP contribution in [0, 0.1) is 11.8 Å². The molecule has 2 aliphatic heterocycles. The van der Waals surface area contributed by atoms with Gasteiger partial charge < -0.3 is 14.4 Å². The first kappa shape index (κ1) is 35.8. The van der Waals surface area contributed by atoms with E-state index in [1.165, 1.54) is 18.5 Å². The summed E-state index contributed by atoms with van der Waals surface area (Å²) in [6, 6.07) is 4.84. The Kier molecular flexibility index (Phi) is 11.9. The van der Waals surface area contributed by atoms with Gasteiger partial charge in [0, 0.05) is 43.3 Å². The SMILES string of the molecule is O=C(O)C(Cc1ccco1)NS(=O)(=O)c1cnc(N2CCC(CCCC3CCN(S(=O)(=O)c4cc(Br)c(Cl)s4)CC3)CC2)c(Br)c1. The zero-order chi connectivity index (χ0) is 33.1. The number of hydrogen-bond acceptors (Lipinski definition) is 9. The van der Waals surface area contributed by atoms with Gasteiger partial charge in [-0.05, 0) is 93.6 Å². The number of furan rings is 1. The summed E-state index contributed by atoms with van der Waals surface area (Å²) < 4.78 is 62.8. The molecular weight excluding hydrogens is 808 g/mol. The van der Waals surface area contributed by atoms with Gasteiger partial charge in [0.1, 0.15) is 31.1 Å². The number of aliphatic carboxylic acids is 1. The Hall–Kier alpha value is -1.53. The monoisotopic (exact) mass is 840 g/mol. The Morgan fingerprint density at radius 2 is 1.72 bits per heavy atom. The van der Waals surface area contributed by atoms with Crippen LogP contribution in [-0.4, -0.2) is 69.4 Å². The van der Waals surface area contributed by atoms with Gasteiger partial charge in [0.15, 0.2) is 0 Å². The Morgan fingerprint density at radius 3 is 2.26 bits per heavy atom. The minimum Gasteiger partial charge on any atom is -0.480 e. The fraction of sp³-hybridized carbons (Fsp3) is 0.517. The second-order valence-corrected chi connectivity index (χ2v) is 18.9. The maximum atomic E-state index is 13.0. The molecule has 0 spiro atoms. The number of aromatic nitrogens is 1. The lowest BCUT2D eigenvalue weighted by Gasteiger charge is -2.34. The van der Waals surface area contributed by atoms with E-state index in [4.69, 9.17) is 16.0 Å². The van der Waals surface area contributed by atoms with Gasteiger partial charge in [0.25, 0.3) is 10.0 Å². The van der Waals surface area contributed by atoms with Crippen molar-refractivity contribution in [1.29, 1.82) is 0 Å². The summed E-state index contributed by atoms with van der Waals surface area (Å²) in [5, 5.41) is 9.55. The van der Waals surface area contributed by atoms with Crippen molar-refractivity contribution in [2.45, 2.75) is 66.5 Å². The Bertz CT molecular complexity index is 1700. The van der Waals surface area contributed by atoms with Crippen molar-refractivity contribution in [1.82, 2.24) is 14.0 Å². The van der Waals surface area contributed by atoms with Crippen LogP contribution in [0.15, 0.2) is 59.2 Å². The summed E-state index contributed by atoms with van der Waals surface area (Å²) in [6.45, 7) is 2.65. The van der Waals surface area contributed by atoms with Gasteiger partial charge in [0.05, 0.1) is 10.7 Å². The fourth-order valence-corrected chi connectivity index (χ4v) is 11.8. The molecule has 0 aliphatic carbocycles. The van der Waals surface area contributed by atoms with Gasteiger partial charge in [0.2, 0.25) is 10.0 Å². The molecule has 252 valence electrons. The van der Waals surface area contributed by atoms with Crippen LogP contribution in [0.2, 0.25) is 4.34 Å². The molecule has 11 nitrogen and oxygen atoms in total. The number of sulfonamides is 2. The number of carboxylic acid groups (broad SMARTS) is 1. The smallest absolute Gasteiger partial charge is 0.322 e. The summed E-state index contributed by atoms with van der Waals surface area (Å²) in [5.74, 6) is 0.810. The lowest BCUT2D eigenvalue weighted by atomic mass is 9.87. The summed E-state index contributed by atoms with van der Waals surface area (Å²) >= 11 is 13.9. The molecule has 0 bridgehead atoms. The zero-order valence-electron chi connectivity index (χ0n) is 24.8. The number of hydrogen-bond donors (Lipinski definition) is 2. The number of piperidine rings is 2. The highest BCUT2D eigenvalue weighted by molar-refractivity contribution is 9.11. The van der Waals surface area contributed by atoms with Crippen molar-refractivity contribution >= 4 is 86.6 Å². The number of anilines is 1. The summed E-state index contributed by atoms with van der Waals surface area (Å²) in [7, 11) is -7.67. The first-order chi connectivity index (χ1) is 21.8. The first-order valence-electron chi connectivity index (χ1n) is 15.0. The number of pyridine rings is 1. The molecule has 3 aromatic heterocycles. The second-order valence-electron chi connectivity index (χ2n) is 11.7. The number of thiophene rings is 1. The minimum atomic E-state index is -4.15. The molecule has 0 radical (unpaired) electrons. The van der Waals surface area contributed by atoms with E-state index in [1.54, 1.807) is 22.5 Å². The summed E-state index contributed by atoms with van der Waals surface area (Å²) in [6.07, 6.45) is 9.56. The molecule has 5 heterocycles. The number of nitrogens with one attached hydrogen (secondary N) is 1. The van der Waals surface area contributed by atoms with Crippen LogP contribution in [0.3, 0.4) is 0 Å². The van der Waals surface area contributed by atoms with E-state index >= 15 is 0 Å². The molecule has 3 aromatic rings. The minimum absolute atomic E-state index is 0.128. The Balaban J connectivity index is 1.06. The van der Waals surface area contributed by atoms with E-state index in [9.17, 15) is 26.7 Å². The molecule has 5 rings (SSSR count). The third-order valence-electron chi connectivity index (χ3n) is 8.62. The number of carbonyl (C=O) groups is 1. The van der Waals surface area contributed by atoms with Crippen molar-refractivity contribution < 1.29 is 31.2 Å². The molecule has 2 fully saturated rings. The van der Waals surface area contributed by atoms with Gasteiger partial charge in [-0.2, -0.15) is 9.03 Å². The van der Waals surface area contributed by atoms with E-state index in [1.807, 2.05) is 0 Å². The largest absolute Gasteiger partial charge is 0.480 e. The summed E-state index contributed by atoms with van der Waals surface area (Å²) in [4.78, 5) is 18.1. The van der Waals surface area contributed by atoms with Crippen LogP contribution in [0.4, 0.5) is 5.82 Å². The lowest BCUT2D eigenvalue weighted by molar-refractivity contribution is -0.139. The lowest BCUT2D eigenvalue weighted by Crippen LogP contribution is -2.42. The maximum Gasteiger partial charge on any atom is 0.322 e. The summed E-state index contributed by atoms with van der Waals surface area (Å²) in [5.41, 5.74) is 0. The standard InChI is InChI=1S/C29H35Br2ClN4O7S3/c30-23-17-26(44-27(23)32)46(41,42)36-12-8-20(9-13-36)4-1-3-19-6-10-35(11-7-19)28-24(31)16-22(18-33-28)45(39,40)34-25(29(37)38)15-21-5-2-14-43-21/h2,5,14,16-20,25,34H,1,3-4,6-13,15H2,(H,37,38). The molecule has 46 heavy (non-hydrogen) atoms. The predicted molar refractivity (Wildman–Crippen MR) is 183 cm³/mol. The molecule has 1 unspecified atom stereocenters. The fourth-order valence-electron chi connectivity index (χ4n) is 6.01. The average Bonchev–Trinajstić information content (AvgIpc) is 3.66.